The van der Waals surface area contributed by atoms with E-state index in [0.717, 1.165) is 18.5 Å². The van der Waals surface area contributed by atoms with Crippen molar-refractivity contribution in [3.05, 3.63) is 58.2 Å². The Morgan fingerprint density at radius 3 is 2.78 bits per heavy atom. The monoisotopic (exact) mass is 346 g/mol. The molecule has 5 nitrogen and oxygen atoms in total. The molecule has 2 heterocycles. The lowest BCUT2D eigenvalue weighted by molar-refractivity contribution is 0.102. The van der Waals surface area contributed by atoms with E-state index in [9.17, 15) is 4.79 Å². The maximum Gasteiger partial charge on any atom is 0.274 e. The number of hydrogen-bond donors (Lipinski definition) is 1. The smallest absolute Gasteiger partial charge is 0.274 e. The van der Waals surface area contributed by atoms with Crippen LogP contribution >= 0.6 is 23.2 Å². The van der Waals surface area contributed by atoms with E-state index in [0.29, 0.717) is 33.0 Å². The highest BCUT2D eigenvalue weighted by atomic mass is 35.5. The van der Waals surface area contributed by atoms with Crippen LogP contribution in [0, 0.1) is 0 Å². The number of benzene rings is 1. The minimum absolute atomic E-state index is 0.269. The van der Waals surface area contributed by atoms with Gasteiger partial charge in [-0.15, -0.1) is 0 Å². The summed E-state index contributed by atoms with van der Waals surface area (Å²) in [5, 5.41) is 3.72. The maximum atomic E-state index is 12.6. The zero-order valence-electron chi connectivity index (χ0n) is 12.0. The van der Waals surface area contributed by atoms with Crippen molar-refractivity contribution in [2.75, 3.05) is 5.32 Å². The second-order valence-electron chi connectivity index (χ2n) is 5.52. The Bertz CT molecular complexity index is 918. The number of fused-ring (bicyclic) bond motifs is 1. The first-order valence-electron chi connectivity index (χ1n) is 7.21. The van der Waals surface area contributed by atoms with Gasteiger partial charge >= 0.3 is 0 Å². The van der Waals surface area contributed by atoms with E-state index in [1.807, 2.05) is 4.40 Å². The van der Waals surface area contributed by atoms with Gasteiger partial charge in [0.05, 0.1) is 23.1 Å². The van der Waals surface area contributed by atoms with Crippen LogP contribution in [-0.4, -0.2) is 20.3 Å². The van der Waals surface area contributed by atoms with Crippen LogP contribution in [-0.2, 0) is 0 Å². The SMILES string of the molecule is O=C(Nc1ccc(Cl)cc1Cl)c1cnc2cncc(C3CC3)n12. The normalized spacial score (nSPS) is 14.2. The molecule has 3 aromatic rings. The number of anilines is 1. The predicted octanol–water partition coefficient (Wildman–Crippen LogP) is 4.17. The Kier molecular flexibility index (Phi) is 3.47. The standard InChI is InChI=1S/C16H12Cl2N4O/c17-10-3-4-12(11(18)5-10)21-16(23)14-7-20-15-8-19-6-13(22(14)15)9-1-2-9/h3-9H,1-2H2,(H,21,23). The molecule has 0 saturated heterocycles. The highest BCUT2D eigenvalue weighted by Crippen LogP contribution is 2.40. The Labute approximate surface area is 142 Å². The van der Waals surface area contributed by atoms with Gasteiger partial charge in [-0.3, -0.25) is 14.2 Å². The van der Waals surface area contributed by atoms with Crippen LogP contribution in [0.25, 0.3) is 5.65 Å². The van der Waals surface area contributed by atoms with E-state index in [4.69, 9.17) is 23.2 Å². The summed E-state index contributed by atoms with van der Waals surface area (Å²) in [4.78, 5) is 21.1. The molecular formula is C16H12Cl2N4O. The molecule has 116 valence electrons. The van der Waals surface area contributed by atoms with Gasteiger partial charge < -0.3 is 5.32 Å². The maximum absolute atomic E-state index is 12.6. The number of halogens is 2. The van der Waals surface area contributed by atoms with Gasteiger partial charge in [0.25, 0.3) is 5.91 Å². The lowest BCUT2D eigenvalue weighted by Gasteiger charge is -2.09. The van der Waals surface area contributed by atoms with Gasteiger partial charge in [-0.1, -0.05) is 23.2 Å². The minimum Gasteiger partial charge on any atom is -0.319 e. The molecule has 1 amide bonds. The molecule has 0 unspecified atom stereocenters. The largest absolute Gasteiger partial charge is 0.319 e. The zero-order valence-corrected chi connectivity index (χ0v) is 13.5. The van der Waals surface area contributed by atoms with Crippen LogP contribution in [0.2, 0.25) is 10.0 Å². The minimum atomic E-state index is -0.269. The molecule has 0 spiro atoms. The first kappa shape index (κ1) is 14.5. The molecule has 1 fully saturated rings. The Hall–Kier alpha value is -2.11. The van der Waals surface area contributed by atoms with E-state index >= 15 is 0 Å². The fourth-order valence-corrected chi connectivity index (χ4v) is 3.03. The number of rotatable bonds is 3. The summed E-state index contributed by atoms with van der Waals surface area (Å²) in [5.74, 6) is 0.181. The van der Waals surface area contributed by atoms with Crippen molar-refractivity contribution in [1.29, 1.82) is 0 Å². The first-order chi connectivity index (χ1) is 11.1. The van der Waals surface area contributed by atoms with Crippen molar-refractivity contribution >= 4 is 40.4 Å². The quantitative estimate of drug-likeness (QED) is 0.774. The number of imidazole rings is 1. The number of nitrogens with one attached hydrogen (secondary N) is 1. The van der Waals surface area contributed by atoms with Gasteiger partial charge in [-0.05, 0) is 31.0 Å². The predicted molar refractivity (Wildman–Crippen MR) is 89.4 cm³/mol. The van der Waals surface area contributed by atoms with Crippen LogP contribution in [0.4, 0.5) is 5.69 Å². The fourth-order valence-electron chi connectivity index (χ4n) is 2.57. The molecular weight excluding hydrogens is 335 g/mol. The summed E-state index contributed by atoms with van der Waals surface area (Å²) in [5.41, 5.74) is 2.67. The van der Waals surface area contributed by atoms with Crippen molar-refractivity contribution in [2.45, 2.75) is 18.8 Å². The van der Waals surface area contributed by atoms with E-state index in [1.54, 1.807) is 36.8 Å². The van der Waals surface area contributed by atoms with Crippen LogP contribution in [0.5, 0.6) is 0 Å². The molecule has 2 aromatic heterocycles. The fraction of sp³-hybridized carbons (Fsp3) is 0.188. The van der Waals surface area contributed by atoms with Crippen LogP contribution in [0.15, 0.2) is 36.8 Å². The zero-order chi connectivity index (χ0) is 16.0. The van der Waals surface area contributed by atoms with Gasteiger partial charge in [0.2, 0.25) is 0 Å². The average Bonchev–Trinajstić information content (AvgIpc) is 3.28. The third kappa shape index (κ3) is 2.66. The Morgan fingerprint density at radius 1 is 1.22 bits per heavy atom. The number of aromatic nitrogens is 3. The highest BCUT2D eigenvalue weighted by molar-refractivity contribution is 6.36. The van der Waals surface area contributed by atoms with Crippen LogP contribution in [0.1, 0.15) is 34.9 Å². The number of hydrogen-bond acceptors (Lipinski definition) is 3. The first-order valence-corrected chi connectivity index (χ1v) is 7.97. The summed E-state index contributed by atoms with van der Waals surface area (Å²) in [6, 6.07) is 4.94. The van der Waals surface area contributed by atoms with Crippen molar-refractivity contribution in [3.8, 4) is 0 Å². The van der Waals surface area contributed by atoms with Crippen molar-refractivity contribution < 1.29 is 4.79 Å². The lowest BCUT2D eigenvalue weighted by atomic mass is 10.2. The number of carbonyl (C=O) groups excluding carboxylic acids is 1. The van der Waals surface area contributed by atoms with Crippen molar-refractivity contribution in [2.24, 2.45) is 0 Å². The van der Waals surface area contributed by atoms with Gasteiger partial charge in [-0.2, -0.15) is 0 Å². The molecule has 0 radical (unpaired) electrons. The summed E-state index contributed by atoms with van der Waals surface area (Å²) in [6.07, 6.45) is 7.24. The van der Waals surface area contributed by atoms with Crippen molar-refractivity contribution in [1.82, 2.24) is 14.4 Å². The number of amides is 1. The molecule has 1 aromatic carbocycles. The van der Waals surface area contributed by atoms with Crippen molar-refractivity contribution in [3.63, 3.8) is 0 Å². The molecule has 7 heteroatoms. The summed E-state index contributed by atoms with van der Waals surface area (Å²) < 4.78 is 1.86. The molecule has 0 atom stereocenters. The summed E-state index contributed by atoms with van der Waals surface area (Å²) in [6.45, 7) is 0. The van der Waals surface area contributed by atoms with Crippen LogP contribution < -0.4 is 5.32 Å². The number of carbonyl (C=O) groups is 1. The molecule has 1 aliphatic rings. The van der Waals surface area contributed by atoms with Gasteiger partial charge in [0.1, 0.15) is 5.69 Å². The topological polar surface area (TPSA) is 59.3 Å². The van der Waals surface area contributed by atoms with E-state index < -0.39 is 0 Å². The molecule has 23 heavy (non-hydrogen) atoms. The third-order valence-electron chi connectivity index (χ3n) is 3.85. The molecule has 4 rings (SSSR count). The van der Waals surface area contributed by atoms with Gasteiger partial charge in [-0.25, -0.2) is 4.98 Å². The Morgan fingerprint density at radius 2 is 2.04 bits per heavy atom. The molecule has 0 bridgehead atoms. The number of nitrogens with zero attached hydrogens (tertiary/aromatic N) is 3. The highest BCUT2D eigenvalue weighted by Gasteiger charge is 2.28. The molecule has 1 N–H and O–H groups in total. The second kappa shape index (κ2) is 5.51. The average molecular weight is 347 g/mol. The van der Waals surface area contributed by atoms with Gasteiger partial charge in [0.15, 0.2) is 5.65 Å². The van der Waals surface area contributed by atoms with E-state index in [2.05, 4.69) is 15.3 Å². The van der Waals surface area contributed by atoms with E-state index in [1.165, 1.54) is 0 Å². The third-order valence-corrected chi connectivity index (χ3v) is 4.40. The van der Waals surface area contributed by atoms with Gasteiger partial charge in [0, 0.05) is 22.8 Å². The summed E-state index contributed by atoms with van der Waals surface area (Å²) >= 11 is 12.0. The van der Waals surface area contributed by atoms with E-state index in [-0.39, 0.29) is 5.91 Å². The lowest BCUT2D eigenvalue weighted by Crippen LogP contribution is -2.16. The molecule has 1 saturated carbocycles. The molecule has 1 aliphatic carbocycles. The Balaban J connectivity index is 1.72. The molecule has 0 aliphatic heterocycles. The second-order valence-corrected chi connectivity index (χ2v) is 6.37. The van der Waals surface area contributed by atoms with Crippen LogP contribution in [0.3, 0.4) is 0 Å². The summed E-state index contributed by atoms with van der Waals surface area (Å²) in [7, 11) is 0.